The van der Waals surface area contributed by atoms with E-state index in [2.05, 4.69) is 0 Å². The SMILES string of the molecule is COc1c(F)cc(C(O)C(Cl)Cl)cc1Cl. The first-order valence-electron chi connectivity index (χ1n) is 3.96. The zero-order valence-corrected chi connectivity index (χ0v) is 9.94. The highest BCUT2D eigenvalue weighted by molar-refractivity contribution is 6.44. The molecule has 0 spiro atoms. The van der Waals surface area contributed by atoms with Gasteiger partial charge in [-0.25, -0.2) is 4.39 Å². The molecule has 1 atom stereocenters. The maximum atomic E-state index is 13.3. The van der Waals surface area contributed by atoms with Crippen molar-refractivity contribution in [3.63, 3.8) is 0 Å². The molecule has 0 radical (unpaired) electrons. The first-order chi connectivity index (χ1) is 6.97. The number of alkyl halides is 2. The number of methoxy groups -OCH3 is 1. The normalized spacial score (nSPS) is 13.0. The molecular formula is C9H8Cl3FO2. The van der Waals surface area contributed by atoms with Gasteiger partial charge in [0.2, 0.25) is 0 Å². The zero-order valence-electron chi connectivity index (χ0n) is 7.68. The fourth-order valence-electron chi connectivity index (χ4n) is 1.09. The third-order valence-corrected chi connectivity index (χ3v) is 2.56. The van der Waals surface area contributed by atoms with Gasteiger partial charge in [0.15, 0.2) is 11.6 Å². The first kappa shape index (κ1) is 12.8. The van der Waals surface area contributed by atoms with Crippen LogP contribution in [0, 0.1) is 5.82 Å². The Balaban J connectivity index is 3.14. The fourth-order valence-corrected chi connectivity index (χ4v) is 1.68. The smallest absolute Gasteiger partial charge is 0.173 e. The summed E-state index contributed by atoms with van der Waals surface area (Å²) in [6.45, 7) is 0. The van der Waals surface area contributed by atoms with Crippen molar-refractivity contribution in [3.8, 4) is 5.75 Å². The van der Waals surface area contributed by atoms with E-state index in [1.807, 2.05) is 0 Å². The van der Waals surface area contributed by atoms with Crippen molar-refractivity contribution in [2.75, 3.05) is 7.11 Å². The van der Waals surface area contributed by atoms with Gasteiger partial charge in [-0.05, 0) is 17.7 Å². The number of rotatable bonds is 3. The number of hydrogen-bond acceptors (Lipinski definition) is 2. The molecule has 0 aliphatic heterocycles. The lowest BCUT2D eigenvalue weighted by Crippen LogP contribution is -2.06. The van der Waals surface area contributed by atoms with Crippen molar-refractivity contribution in [1.82, 2.24) is 0 Å². The molecule has 0 aromatic heterocycles. The minimum atomic E-state index is -1.19. The van der Waals surface area contributed by atoms with E-state index in [9.17, 15) is 9.50 Å². The molecule has 15 heavy (non-hydrogen) atoms. The summed E-state index contributed by atoms with van der Waals surface area (Å²) in [5, 5.41) is 9.54. The van der Waals surface area contributed by atoms with Crippen LogP contribution in [0.4, 0.5) is 4.39 Å². The molecule has 0 aliphatic rings. The molecule has 6 heteroatoms. The Morgan fingerprint density at radius 3 is 2.40 bits per heavy atom. The Bertz CT molecular complexity index is 334. The maximum absolute atomic E-state index is 13.3. The van der Waals surface area contributed by atoms with Gasteiger partial charge in [-0.2, -0.15) is 0 Å². The molecular weight excluding hydrogens is 265 g/mol. The van der Waals surface area contributed by atoms with Crippen molar-refractivity contribution < 1.29 is 14.2 Å². The van der Waals surface area contributed by atoms with Gasteiger partial charge in [-0.3, -0.25) is 0 Å². The number of aliphatic hydroxyl groups excluding tert-OH is 1. The largest absolute Gasteiger partial charge is 0.492 e. The molecule has 0 saturated heterocycles. The second-order valence-corrected chi connectivity index (χ2v) is 4.37. The van der Waals surface area contributed by atoms with Gasteiger partial charge in [0.25, 0.3) is 0 Å². The van der Waals surface area contributed by atoms with Crippen molar-refractivity contribution in [3.05, 3.63) is 28.5 Å². The van der Waals surface area contributed by atoms with Gasteiger partial charge in [0, 0.05) is 0 Å². The summed E-state index contributed by atoms with van der Waals surface area (Å²) in [6.07, 6.45) is -1.19. The Morgan fingerprint density at radius 2 is 2.00 bits per heavy atom. The van der Waals surface area contributed by atoms with Crippen molar-refractivity contribution >= 4 is 34.8 Å². The van der Waals surface area contributed by atoms with Crippen LogP contribution in [0.5, 0.6) is 5.75 Å². The molecule has 0 aliphatic carbocycles. The van der Waals surface area contributed by atoms with Crippen LogP contribution >= 0.6 is 34.8 Å². The summed E-state index contributed by atoms with van der Waals surface area (Å²) in [6, 6.07) is 2.43. The minimum absolute atomic E-state index is 0.0560. The highest BCUT2D eigenvalue weighted by Gasteiger charge is 2.19. The Morgan fingerprint density at radius 1 is 1.40 bits per heavy atom. The fraction of sp³-hybridized carbons (Fsp3) is 0.333. The average molecular weight is 274 g/mol. The van der Waals surface area contributed by atoms with E-state index in [0.29, 0.717) is 0 Å². The molecule has 84 valence electrons. The van der Waals surface area contributed by atoms with E-state index in [-0.39, 0.29) is 16.3 Å². The minimum Gasteiger partial charge on any atom is -0.492 e. The Hall–Kier alpha value is -0.220. The predicted octanol–water partition coefficient (Wildman–Crippen LogP) is 3.32. The van der Waals surface area contributed by atoms with Gasteiger partial charge >= 0.3 is 0 Å². The summed E-state index contributed by atoms with van der Waals surface area (Å²) in [5.74, 6) is -0.749. The summed E-state index contributed by atoms with van der Waals surface area (Å²) < 4.78 is 18.0. The van der Waals surface area contributed by atoms with Gasteiger partial charge in [-0.15, -0.1) is 23.2 Å². The third-order valence-electron chi connectivity index (χ3n) is 1.80. The number of ether oxygens (including phenoxy) is 1. The number of benzene rings is 1. The van der Waals surface area contributed by atoms with E-state index in [1.54, 1.807) is 0 Å². The molecule has 1 N–H and O–H groups in total. The number of hydrogen-bond donors (Lipinski definition) is 1. The van der Waals surface area contributed by atoms with Gasteiger partial charge in [-0.1, -0.05) is 11.6 Å². The van der Waals surface area contributed by atoms with Crippen LogP contribution in [-0.2, 0) is 0 Å². The first-order valence-corrected chi connectivity index (χ1v) is 5.21. The van der Waals surface area contributed by atoms with E-state index < -0.39 is 16.8 Å². The van der Waals surface area contributed by atoms with Crippen LogP contribution in [0.15, 0.2) is 12.1 Å². The van der Waals surface area contributed by atoms with Crippen LogP contribution in [0.3, 0.4) is 0 Å². The molecule has 0 saturated carbocycles. The second-order valence-electron chi connectivity index (χ2n) is 2.80. The lowest BCUT2D eigenvalue weighted by atomic mass is 10.1. The number of halogens is 4. The summed E-state index contributed by atoms with van der Waals surface area (Å²) >= 11 is 16.6. The molecule has 0 heterocycles. The van der Waals surface area contributed by atoms with Crippen molar-refractivity contribution in [2.24, 2.45) is 0 Å². The second kappa shape index (κ2) is 5.21. The van der Waals surface area contributed by atoms with E-state index in [1.165, 1.54) is 13.2 Å². The Kier molecular flexibility index (Phi) is 4.46. The average Bonchev–Trinajstić information content (AvgIpc) is 2.15. The number of aliphatic hydroxyl groups is 1. The standard InChI is InChI=1S/C9H8Cl3FO2/c1-15-8-5(10)2-4(3-6(8)13)7(14)9(11)12/h2-3,7,9,14H,1H3. The third kappa shape index (κ3) is 2.88. The summed E-state index contributed by atoms with van der Waals surface area (Å²) in [4.78, 5) is -1.05. The molecule has 0 amide bonds. The summed E-state index contributed by atoms with van der Waals surface area (Å²) in [7, 11) is 1.30. The lowest BCUT2D eigenvalue weighted by Gasteiger charge is -2.13. The van der Waals surface area contributed by atoms with Gasteiger partial charge in [0.1, 0.15) is 10.9 Å². The van der Waals surface area contributed by atoms with Crippen LogP contribution in [0.25, 0.3) is 0 Å². The topological polar surface area (TPSA) is 29.5 Å². The molecule has 0 fully saturated rings. The predicted molar refractivity (Wildman–Crippen MR) is 58.4 cm³/mol. The highest BCUT2D eigenvalue weighted by atomic mass is 35.5. The van der Waals surface area contributed by atoms with Crippen LogP contribution in [0.1, 0.15) is 11.7 Å². The maximum Gasteiger partial charge on any atom is 0.173 e. The molecule has 1 rings (SSSR count). The molecule has 1 unspecified atom stereocenters. The van der Waals surface area contributed by atoms with Crippen LogP contribution < -0.4 is 4.74 Å². The molecule has 1 aromatic rings. The molecule has 2 nitrogen and oxygen atoms in total. The van der Waals surface area contributed by atoms with E-state index in [4.69, 9.17) is 39.5 Å². The summed E-state index contributed by atoms with van der Waals surface area (Å²) in [5.41, 5.74) is 0.202. The van der Waals surface area contributed by atoms with Gasteiger partial charge in [0.05, 0.1) is 12.1 Å². The van der Waals surface area contributed by atoms with Crippen LogP contribution in [0.2, 0.25) is 5.02 Å². The van der Waals surface area contributed by atoms with Crippen molar-refractivity contribution in [1.29, 1.82) is 0 Å². The lowest BCUT2D eigenvalue weighted by molar-refractivity contribution is 0.192. The van der Waals surface area contributed by atoms with E-state index >= 15 is 0 Å². The molecule has 0 bridgehead atoms. The monoisotopic (exact) mass is 272 g/mol. The Labute approximate surface area is 102 Å². The highest BCUT2D eigenvalue weighted by Crippen LogP contribution is 2.33. The van der Waals surface area contributed by atoms with E-state index in [0.717, 1.165) is 6.07 Å². The zero-order chi connectivity index (χ0) is 11.6. The van der Waals surface area contributed by atoms with Crippen molar-refractivity contribution in [2.45, 2.75) is 10.9 Å². The molecule has 1 aromatic carbocycles. The van der Waals surface area contributed by atoms with Gasteiger partial charge < -0.3 is 9.84 Å². The van der Waals surface area contributed by atoms with Crippen LogP contribution in [-0.4, -0.2) is 17.1 Å². The quantitative estimate of drug-likeness (QED) is 0.856.